The number of hydrogen-bond acceptors (Lipinski definition) is 15. The predicted molar refractivity (Wildman–Crippen MR) is 152 cm³/mol. The highest BCUT2D eigenvalue weighted by Crippen LogP contribution is 2.35. The zero-order valence-electron chi connectivity index (χ0n) is 25.2. The molecule has 13 N–H and O–H groups in total. The first-order valence-corrected chi connectivity index (χ1v) is 14.8. The van der Waals surface area contributed by atoms with Gasteiger partial charge in [-0.05, 0) is 51.8 Å². The molecular weight excluding hydrogens is 586 g/mol. The van der Waals surface area contributed by atoms with Crippen LogP contribution in [0.25, 0.3) is 0 Å². The van der Waals surface area contributed by atoms with Crippen LogP contribution < -0.4 is 27.4 Å². The number of rotatable bonds is 14. The number of carboxylic acid groups (broad SMARTS) is 1. The summed E-state index contributed by atoms with van der Waals surface area (Å²) in [6.07, 6.45) is -7.86. The van der Waals surface area contributed by atoms with Crippen LogP contribution in [0.3, 0.4) is 0 Å². The Bertz CT molecular complexity index is 989. The number of aliphatic hydroxyl groups excluding tert-OH is 4. The van der Waals surface area contributed by atoms with Gasteiger partial charge in [-0.2, -0.15) is 0 Å². The average Bonchev–Trinajstić information content (AvgIpc) is 2.95. The number of aliphatic hydroxyl groups is 5. The number of likely N-dealkylation sites (N-methyl/N-ethyl adjacent to an activating group) is 1. The van der Waals surface area contributed by atoms with Gasteiger partial charge in [0.25, 0.3) is 0 Å². The van der Waals surface area contributed by atoms with E-state index in [1.807, 2.05) is 0 Å². The number of aliphatic carboxylic acids is 1. The molecule has 13 atom stereocenters. The van der Waals surface area contributed by atoms with Crippen molar-refractivity contribution in [2.24, 2.45) is 17.4 Å². The highest BCUT2D eigenvalue weighted by atomic mass is 16.7. The molecule has 0 aromatic carbocycles. The molecule has 1 saturated carbocycles. The van der Waals surface area contributed by atoms with E-state index in [-0.39, 0.29) is 39.1 Å². The summed E-state index contributed by atoms with van der Waals surface area (Å²) in [5.41, 5.74) is 10.3. The molecule has 254 valence electrons. The van der Waals surface area contributed by atoms with Crippen molar-refractivity contribution in [3.05, 3.63) is 11.8 Å². The third-order valence-electron chi connectivity index (χ3n) is 8.21. The molecule has 44 heavy (non-hydrogen) atoms. The molecule has 0 aromatic heterocycles. The van der Waals surface area contributed by atoms with Crippen LogP contribution in [0.4, 0.5) is 0 Å². The van der Waals surface area contributed by atoms with E-state index in [1.54, 1.807) is 20.0 Å². The van der Waals surface area contributed by atoms with Crippen molar-refractivity contribution < 1.29 is 59.2 Å². The molecule has 2 heterocycles. The molecule has 0 spiro atoms. The Kier molecular flexibility index (Phi) is 13.3. The summed E-state index contributed by atoms with van der Waals surface area (Å²) in [5.74, 6) is -2.05. The normalized spacial score (nSPS) is 39.1. The van der Waals surface area contributed by atoms with E-state index >= 15 is 0 Å². The van der Waals surface area contributed by atoms with Crippen LogP contribution in [0.15, 0.2) is 11.8 Å². The Morgan fingerprint density at radius 2 is 1.84 bits per heavy atom. The number of ether oxygens (including phenoxy) is 4. The number of carbonyl (C=O) groups excluding carboxylic acids is 1. The van der Waals surface area contributed by atoms with Crippen LogP contribution in [0.2, 0.25) is 0 Å². The third-order valence-corrected chi connectivity index (χ3v) is 8.21. The molecule has 17 heteroatoms. The second-order valence-corrected chi connectivity index (χ2v) is 11.9. The first kappa shape index (κ1) is 36.5. The molecule has 0 unspecified atom stereocenters. The van der Waals surface area contributed by atoms with Crippen molar-refractivity contribution in [3.8, 4) is 0 Å². The molecule has 1 saturated heterocycles. The second kappa shape index (κ2) is 16.0. The van der Waals surface area contributed by atoms with Gasteiger partial charge in [-0.15, -0.1) is 0 Å². The minimum absolute atomic E-state index is 0.0220. The van der Waals surface area contributed by atoms with Gasteiger partial charge in [0.2, 0.25) is 12.2 Å². The van der Waals surface area contributed by atoms with E-state index in [2.05, 4.69) is 16.0 Å². The number of nitrogens with one attached hydrogen (secondary N) is 3. The molecule has 1 aliphatic carbocycles. The number of amides is 1. The van der Waals surface area contributed by atoms with Crippen molar-refractivity contribution in [2.75, 3.05) is 33.3 Å². The zero-order valence-corrected chi connectivity index (χ0v) is 25.2. The average molecular weight is 636 g/mol. The third kappa shape index (κ3) is 9.05. The van der Waals surface area contributed by atoms with Gasteiger partial charge in [0.1, 0.15) is 35.8 Å². The number of nitrogens with two attached hydrogens (primary N) is 2. The van der Waals surface area contributed by atoms with Crippen molar-refractivity contribution in [2.45, 2.75) is 106 Å². The fourth-order valence-corrected chi connectivity index (χ4v) is 5.73. The molecule has 0 bridgehead atoms. The maximum Gasteiger partial charge on any atom is 0.333 e. The Labute approximate surface area is 255 Å². The van der Waals surface area contributed by atoms with Crippen LogP contribution in [0.1, 0.15) is 33.1 Å². The summed E-state index contributed by atoms with van der Waals surface area (Å²) >= 11 is 0. The molecule has 1 amide bonds. The minimum Gasteiger partial charge on any atom is -0.479 e. The quantitative estimate of drug-likeness (QED) is 0.0856. The number of carboxylic acids is 1. The number of carbonyl (C=O) groups is 2. The smallest absolute Gasteiger partial charge is 0.333 e. The Morgan fingerprint density at radius 3 is 2.48 bits per heavy atom. The lowest BCUT2D eigenvalue weighted by Crippen LogP contribution is -2.68. The van der Waals surface area contributed by atoms with Crippen molar-refractivity contribution >= 4 is 11.9 Å². The molecular formula is C27H49N5O12. The van der Waals surface area contributed by atoms with E-state index in [4.69, 9.17) is 35.5 Å². The molecule has 2 aliphatic heterocycles. The van der Waals surface area contributed by atoms with Gasteiger partial charge >= 0.3 is 5.97 Å². The summed E-state index contributed by atoms with van der Waals surface area (Å²) in [6, 6.07) is -2.29. The van der Waals surface area contributed by atoms with Crippen LogP contribution in [-0.2, 0) is 28.5 Å². The van der Waals surface area contributed by atoms with Gasteiger partial charge in [-0.3, -0.25) is 4.79 Å². The maximum absolute atomic E-state index is 12.7. The van der Waals surface area contributed by atoms with Gasteiger partial charge in [-0.1, -0.05) is 6.92 Å². The second-order valence-electron chi connectivity index (χ2n) is 11.9. The van der Waals surface area contributed by atoms with Gasteiger partial charge < -0.3 is 77.0 Å². The Morgan fingerprint density at radius 1 is 1.16 bits per heavy atom. The summed E-state index contributed by atoms with van der Waals surface area (Å²) < 4.78 is 23.8. The van der Waals surface area contributed by atoms with E-state index in [0.29, 0.717) is 12.2 Å². The lowest BCUT2D eigenvalue weighted by atomic mass is 9.79. The van der Waals surface area contributed by atoms with E-state index in [9.17, 15) is 35.1 Å². The van der Waals surface area contributed by atoms with E-state index in [1.165, 1.54) is 6.92 Å². The monoisotopic (exact) mass is 635 g/mol. The summed E-state index contributed by atoms with van der Waals surface area (Å²) in [5, 5.41) is 70.1. The first-order valence-electron chi connectivity index (χ1n) is 14.8. The predicted octanol–water partition coefficient (Wildman–Crippen LogP) is -4.60. The fourth-order valence-electron chi connectivity index (χ4n) is 5.73. The van der Waals surface area contributed by atoms with Crippen molar-refractivity contribution in [1.29, 1.82) is 0 Å². The summed E-state index contributed by atoms with van der Waals surface area (Å²) in [4.78, 5) is 23.6. The summed E-state index contributed by atoms with van der Waals surface area (Å²) in [7, 11) is 1.56. The van der Waals surface area contributed by atoms with Gasteiger partial charge in [0, 0.05) is 6.54 Å². The van der Waals surface area contributed by atoms with E-state index in [0.717, 1.165) is 0 Å². The zero-order chi connectivity index (χ0) is 32.8. The molecule has 3 aliphatic rings. The fraction of sp³-hybridized carbons (Fsp3) is 0.852. The lowest BCUT2D eigenvalue weighted by Gasteiger charge is -2.49. The Balaban J connectivity index is 1.76. The van der Waals surface area contributed by atoms with Crippen molar-refractivity contribution in [3.63, 3.8) is 0 Å². The Hall–Kier alpha value is -2.00. The van der Waals surface area contributed by atoms with Crippen molar-refractivity contribution in [1.82, 2.24) is 16.0 Å². The van der Waals surface area contributed by atoms with Gasteiger partial charge in [-0.25, -0.2) is 4.79 Å². The van der Waals surface area contributed by atoms with E-state index < -0.39 is 90.7 Å². The molecule has 17 nitrogen and oxygen atoms in total. The minimum atomic E-state index is -1.59. The topological polar surface area (TPSA) is 281 Å². The molecule has 0 radical (unpaired) electrons. The molecule has 2 fully saturated rings. The van der Waals surface area contributed by atoms with Crippen LogP contribution >= 0.6 is 0 Å². The van der Waals surface area contributed by atoms with Crippen LogP contribution in [-0.4, -0.2) is 149 Å². The molecule has 3 rings (SSSR count). The van der Waals surface area contributed by atoms with Crippen LogP contribution in [0.5, 0.6) is 0 Å². The highest BCUT2D eigenvalue weighted by molar-refractivity contribution is 5.80. The lowest BCUT2D eigenvalue weighted by molar-refractivity contribution is -0.306. The maximum atomic E-state index is 12.7. The highest BCUT2D eigenvalue weighted by Gasteiger charge is 2.51. The SMILES string of the molecule is CN[C@@H]1[C@@H](O)[C@@H](O[C@@H]2[C@@H](O)[C@H](O[C@H]3OC(CNC[C@H](O)C(=O)O)=CC[C@H]3N)[C@@H](C)C[C@H]2NC(=O)[C@@H](O)CCN)OC[C@]1(C)O. The van der Waals surface area contributed by atoms with Gasteiger partial charge in [0.05, 0.1) is 37.4 Å². The number of hydrogen-bond donors (Lipinski definition) is 11. The van der Waals surface area contributed by atoms with Gasteiger partial charge in [0.15, 0.2) is 12.4 Å². The van der Waals surface area contributed by atoms with Crippen LogP contribution in [0, 0.1) is 5.92 Å². The first-order chi connectivity index (χ1) is 20.7. The summed E-state index contributed by atoms with van der Waals surface area (Å²) in [6.45, 7) is 3.06. The molecule has 0 aromatic rings. The largest absolute Gasteiger partial charge is 0.479 e. The standard InChI is InChI=1S/C27H49N5O12/c1-12-8-15(32-23(37)16(33)6-7-28)21(44-26-19(36)22(30-3)27(2,40)11-41-26)18(35)20(12)43-25-14(29)5-4-13(42-25)9-31-10-17(34)24(38)39/h4,12,14-22,25-26,30-31,33-36,40H,5-11,28-29H2,1-3H3,(H,32,37)(H,38,39)/t12-,14+,15+,16-,17-,18-,19+,20+,21-,22+,25+,26+,27-/m0/s1.